The zero-order valence-corrected chi connectivity index (χ0v) is 58.3. The van der Waals surface area contributed by atoms with Gasteiger partial charge in [0.1, 0.15) is 73.2 Å². The monoisotopic (exact) mass is 1400 g/mol. The zero-order chi connectivity index (χ0) is 70.6. The second kappa shape index (κ2) is 39.6. The van der Waals surface area contributed by atoms with Gasteiger partial charge in [-0.25, -0.2) is 0 Å². The first-order valence-electron chi connectivity index (χ1n) is 35.9. The van der Waals surface area contributed by atoms with Crippen LogP contribution in [0.5, 0.6) is 0 Å². The summed E-state index contributed by atoms with van der Waals surface area (Å²) in [4.78, 5) is 0. The maximum atomic E-state index is 12.4. The predicted molar refractivity (Wildman–Crippen MR) is 391 cm³/mol. The normalized spacial score (nSPS) is 24.8. The molecule has 3 aliphatic heterocycles. The van der Waals surface area contributed by atoms with Crippen molar-refractivity contribution in [3.8, 4) is 0 Å². The van der Waals surface area contributed by atoms with Gasteiger partial charge in [0.05, 0.1) is 85.9 Å². The number of ether oxygens (including phenoxy) is 15. The van der Waals surface area contributed by atoms with Crippen molar-refractivity contribution in [1.29, 1.82) is 0 Å². The van der Waals surface area contributed by atoms with Crippen molar-refractivity contribution >= 4 is 0 Å². The second-order valence-corrected chi connectivity index (χ2v) is 26.2. The molecule has 0 aromatic heterocycles. The quantitative estimate of drug-likeness (QED) is 0.0392. The first-order valence-corrected chi connectivity index (χ1v) is 35.9. The van der Waals surface area contributed by atoms with Gasteiger partial charge in [-0.05, 0) is 55.6 Å². The average molecular weight is 1410 g/mol. The van der Waals surface area contributed by atoms with Crippen molar-refractivity contribution in [1.82, 2.24) is 0 Å². The minimum Gasteiger partial charge on any atom is -0.374 e. The third-order valence-electron chi connectivity index (χ3n) is 18.6. The first-order chi connectivity index (χ1) is 51.5. The summed E-state index contributed by atoms with van der Waals surface area (Å²) in [6, 6.07) is 99.4. The molecule has 16 nitrogen and oxygen atoms in total. The van der Waals surface area contributed by atoms with Crippen LogP contribution in [0.1, 0.15) is 55.6 Å². The maximum absolute atomic E-state index is 12.4. The molecule has 10 aromatic carbocycles. The fraction of sp³-hybridized carbons (Fsp3) is 0.318. The molecule has 0 radical (unpaired) electrons. The lowest BCUT2D eigenvalue weighted by atomic mass is 9.95. The Kier molecular flexibility index (Phi) is 28.1. The highest BCUT2D eigenvalue weighted by atomic mass is 16.8. The molecule has 13 rings (SSSR count). The molecule has 3 aliphatic rings. The van der Waals surface area contributed by atoms with Crippen LogP contribution >= 0.6 is 0 Å². The molecular formula is C88H92O16. The van der Waals surface area contributed by atoms with Gasteiger partial charge in [0.25, 0.3) is 0 Å². The van der Waals surface area contributed by atoms with E-state index < -0.39 is 92.1 Å². The van der Waals surface area contributed by atoms with Crippen molar-refractivity contribution in [2.24, 2.45) is 0 Å². The van der Waals surface area contributed by atoms with Crippen LogP contribution in [0.4, 0.5) is 0 Å². The third-order valence-corrected chi connectivity index (χ3v) is 18.6. The predicted octanol–water partition coefficient (Wildman–Crippen LogP) is 14.7. The van der Waals surface area contributed by atoms with Gasteiger partial charge in [-0.1, -0.05) is 303 Å². The van der Waals surface area contributed by atoms with Crippen LogP contribution < -0.4 is 0 Å². The summed E-state index contributed by atoms with van der Waals surface area (Å²) in [6.45, 7) is 1.71. The Balaban J connectivity index is 0.929. The van der Waals surface area contributed by atoms with Crippen molar-refractivity contribution in [3.05, 3.63) is 359 Å². The molecule has 1 N–H and O–H groups in total. The average Bonchev–Trinajstić information content (AvgIpc) is 0.764. The van der Waals surface area contributed by atoms with Gasteiger partial charge in [0.2, 0.25) is 0 Å². The summed E-state index contributed by atoms with van der Waals surface area (Å²) in [5.74, 6) is 0. The number of hydrogen-bond acceptors (Lipinski definition) is 16. The van der Waals surface area contributed by atoms with Gasteiger partial charge in [0, 0.05) is 0 Å². The first kappa shape index (κ1) is 73.9. The van der Waals surface area contributed by atoms with E-state index in [0.29, 0.717) is 6.61 Å². The zero-order valence-electron chi connectivity index (χ0n) is 58.3. The Bertz CT molecular complexity index is 3960. The Hall–Kier alpha value is -8.44. The second-order valence-electron chi connectivity index (χ2n) is 26.2. The van der Waals surface area contributed by atoms with E-state index in [1.165, 1.54) is 0 Å². The lowest BCUT2D eigenvalue weighted by Gasteiger charge is -2.51. The number of aliphatic hydroxyl groups excluding tert-OH is 1. The van der Waals surface area contributed by atoms with E-state index >= 15 is 0 Å². The van der Waals surface area contributed by atoms with Crippen LogP contribution in [0.25, 0.3) is 0 Å². The number of benzene rings is 10. The molecule has 0 saturated carbocycles. The largest absolute Gasteiger partial charge is 0.374 e. The number of hydrogen-bond donors (Lipinski definition) is 1. The van der Waals surface area contributed by atoms with E-state index in [1.807, 2.05) is 303 Å². The van der Waals surface area contributed by atoms with Crippen LogP contribution in [-0.4, -0.2) is 117 Å². The Morgan fingerprint density at radius 3 is 0.663 bits per heavy atom. The highest BCUT2D eigenvalue weighted by Crippen LogP contribution is 2.40. The summed E-state index contributed by atoms with van der Waals surface area (Å²) in [5.41, 5.74) is 9.20. The molecule has 10 aromatic rings. The van der Waals surface area contributed by atoms with Crippen molar-refractivity contribution in [2.75, 3.05) is 19.8 Å². The van der Waals surface area contributed by atoms with E-state index in [2.05, 4.69) is 0 Å². The van der Waals surface area contributed by atoms with E-state index in [4.69, 9.17) is 71.1 Å². The summed E-state index contributed by atoms with van der Waals surface area (Å²) >= 11 is 0. The smallest absolute Gasteiger partial charge is 0.187 e. The van der Waals surface area contributed by atoms with Gasteiger partial charge < -0.3 is 76.2 Å². The molecule has 16 heteroatoms. The molecule has 104 heavy (non-hydrogen) atoms. The standard InChI is InChI=1S/C88H92O16/c89-86-83(97-58-71-45-25-8-26-46-71)81(95-56-69-41-21-6-22-42-69)78(75(100-86)62-91-52-65-33-13-2-14-34-65)103-88-85(99-60-73-49-29-10-30-50-73)82(96-57-70-43-23-7-24-44-70)79(76(102-88)63-92-53-66-35-15-3-16-36-66)104-87-84(98-59-72-47-27-9-28-48-72)80(94-55-68-39-19-5-20-40-68)77(93-54-67-37-17-4-18-38-67)74(101-87)61-90-51-64-31-11-1-12-32-64/h1-50,74-89H,51-63H2/t74-,75-,76-,77+,78-,79+,80+,81+,82+,83-,84-,85-,86-,87-,88+/m1/s1. The molecule has 0 bridgehead atoms. The molecule has 3 heterocycles. The highest BCUT2D eigenvalue weighted by Gasteiger charge is 2.57. The van der Waals surface area contributed by atoms with Crippen LogP contribution in [0, 0.1) is 0 Å². The topological polar surface area (TPSA) is 159 Å². The van der Waals surface area contributed by atoms with Gasteiger partial charge in [-0.3, -0.25) is 0 Å². The Morgan fingerprint density at radius 2 is 0.394 bits per heavy atom. The summed E-state index contributed by atoms with van der Waals surface area (Å²) < 4.78 is 108. The fourth-order valence-corrected chi connectivity index (χ4v) is 13.2. The minimum absolute atomic E-state index is 0.0397. The summed E-state index contributed by atoms with van der Waals surface area (Å²) in [7, 11) is 0. The summed E-state index contributed by atoms with van der Waals surface area (Å²) in [5, 5.41) is 12.4. The van der Waals surface area contributed by atoms with Crippen LogP contribution in [0.2, 0.25) is 0 Å². The maximum Gasteiger partial charge on any atom is 0.187 e. The van der Waals surface area contributed by atoms with Crippen LogP contribution in [0.15, 0.2) is 303 Å². The van der Waals surface area contributed by atoms with Crippen LogP contribution in [-0.2, 0) is 137 Å². The molecule has 15 atom stereocenters. The van der Waals surface area contributed by atoms with Gasteiger partial charge in [-0.2, -0.15) is 0 Å². The van der Waals surface area contributed by atoms with Crippen molar-refractivity contribution in [3.63, 3.8) is 0 Å². The molecular weight excluding hydrogens is 1310 g/mol. The molecule has 0 unspecified atom stereocenters. The van der Waals surface area contributed by atoms with Gasteiger partial charge in [-0.15, -0.1) is 0 Å². The fourth-order valence-electron chi connectivity index (χ4n) is 13.2. The molecule has 0 aliphatic carbocycles. The molecule has 540 valence electrons. The molecule has 0 spiro atoms. The van der Waals surface area contributed by atoms with Crippen LogP contribution in [0.3, 0.4) is 0 Å². The van der Waals surface area contributed by atoms with Crippen molar-refractivity contribution < 1.29 is 76.2 Å². The van der Waals surface area contributed by atoms with Gasteiger partial charge in [0.15, 0.2) is 18.9 Å². The summed E-state index contributed by atoms with van der Waals surface area (Å²) in [6.07, 6.45) is -16.1. The van der Waals surface area contributed by atoms with E-state index in [-0.39, 0.29) is 79.3 Å². The Morgan fingerprint density at radius 1 is 0.202 bits per heavy atom. The SMILES string of the molecule is O[C@@H]1O[C@H](COCc2ccccc2)[C@@H](O[C@@H]2O[C@H](COCc3ccccc3)[C@H](O[C@H]3O[C@H](COCc4ccccc4)[C@H](OCc4ccccc4)[C@H](OCc4ccccc4)[C@H]3OCc3ccccc3)[C@H](OCc3ccccc3)[C@H]2OCc2ccccc2)[C@H](OCc2ccccc2)[C@H]1OCc1ccccc1. The lowest BCUT2D eigenvalue weighted by Crippen LogP contribution is -2.68. The Labute approximate surface area is 610 Å². The van der Waals surface area contributed by atoms with Crippen molar-refractivity contribution in [2.45, 2.75) is 158 Å². The third kappa shape index (κ3) is 21.6. The molecule has 3 saturated heterocycles. The van der Waals surface area contributed by atoms with E-state index in [9.17, 15) is 5.11 Å². The van der Waals surface area contributed by atoms with E-state index in [1.54, 1.807) is 0 Å². The molecule has 3 fully saturated rings. The molecule has 0 amide bonds. The number of aliphatic hydroxyl groups is 1. The van der Waals surface area contributed by atoms with E-state index in [0.717, 1.165) is 55.6 Å². The highest BCUT2D eigenvalue weighted by molar-refractivity contribution is 5.21. The lowest BCUT2D eigenvalue weighted by molar-refractivity contribution is -0.394. The van der Waals surface area contributed by atoms with Gasteiger partial charge >= 0.3 is 0 Å². The number of rotatable bonds is 37. The minimum atomic E-state index is -1.50.